The molecule has 104 valence electrons. The Morgan fingerprint density at radius 2 is 1.63 bits per heavy atom. The number of ether oxygens (including phenoxy) is 1. The highest BCUT2D eigenvalue weighted by Gasteiger charge is 2.61. The van der Waals surface area contributed by atoms with E-state index in [4.69, 9.17) is 5.73 Å². The molecule has 0 aliphatic carbocycles. The summed E-state index contributed by atoms with van der Waals surface area (Å²) in [5.74, 6) is -1.37. The van der Waals surface area contributed by atoms with Crippen molar-refractivity contribution in [2.75, 3.05) is 0 Å². The molecule has 3 nitrogen and oxygen atoms in total. The monoisotopic (exact) mass is 281 g/mol. The summed E-state index contributed by atoms with van der Waals surface area (Å²) in [7, 11) is 0. The van der Waals surface area contributed by atoms with Crippen LogP contribution in [-0.2, 0) is 4.79 Å². The van der Waals surface area contributed by atoms with E-state index in [0.29, 0.717) is 5.56 Å². The van der Waals surface area contributed by atoms with Crippen LogP contribution in [0.25, 0.3) is 6.08 Å². The van der Waals surface area contributed by atoms with Crippen molar-refractivity contribution in [2.24, 2.45) is 5.73 Å². The highest BCUT2D eigenvalue weighted by atomic mass is 19.4. The molecular weight excluding hydrogens is 273 g/mol. The highest BCUT2D eigenvalue weighted by Crippen LogP contribution is 2.37. The molecule has 0 aromatic heterocycles. The molecule has 1 rings (SSSR count). The summed E-state index contributed by atoms with van der Waals surface area (Å²) in [6.45, 7) is 0. The Kier molecular flexibility index (Phi) is 4.13. The van der Waals surface area contributed by atoms with E-state index in [1.54, 1.807) is 0 Å². The van der Waals surface area contributed by atoms with Gasteiger partial charge in [-0.3, -0.25) is 4.79 Å². The minimum atomic E-state index is -5.79. The number of halogens is 5. The van der Waals surface area contributed by atoms with Crippen molar-refractivity contribution in [3.63, 3.8) is 0 Å². The number of carbonyl (C=O) groups is 1. The van der Waals surface area contributed by atoms with E-state index in [2.05, 4.69) is 4.74 Å². The van der Waals surface area contributed by atoms with Gasteiger partial charge in [-0.1, -0.05) is 12.1 Å². The van der Waals surface area contributed by atoms with Crippen LogP contribution in [0.1, 0.15) is 5.56 Å². The van der Waals surface area contributed by atoms with Gasteiger partial charge in [0, 0.05) is 6.08 Å². The summed E-state index contributed by atoms with van der Waals surface area (Å²) in [4.78, 5) is 10.4. The fourth-order valence-electron chi connectivity index (χ4n) is 1.03. The maximum absolute atomic E-state index is 12.5. The number of nitrogens with two attached hydrogens (primary N) is 1. The molecule has 0 aliphatic rings. The van der Waals surface area contributed by atoms with E-state index < -0.39 is 23.9 Å². The predicted molar refractivity (Wildman–Crippen MR) is 56.3 cm³/mol. The first-order valence-corrected chi connectivity index (χ1v) is 4.83. The van der Waals surface area contributed by atoms with Crippen LogP contribution in [0, 0.1) is 0 Å². The molecule has 19 heavy (non-hydrogen) atoms. The zero-order valence-electron chi connectivity index (χ0n) is 9.25. The van der Waals surface area contributed by atoms with Crippen molar-refractivity contribution in [1.82, 2.24) is 0 Å². The second kappa shape index (κ2) is 5.25. The van der Waals surface area contributed by atoms with Gasteiger partial charge >= 0.3 is 12.3 Å². The van der Waals surface area contributed by atoms with Gasteiger partial charge in [0.1, 0.15) is 5.75 Å². The van der Waals surface area contributed by atoms with E-state index in [9.17, 15) is 26.7 Å². The Bertz CT molecular complexity index is 479. The fourth-order valence-corrected chi connectivity index (χ4v) is 1.03. The summed E-state index contributed by atoms with van der Waals surface area (Å²) >= 11 is 0. The van der Waals surface area contributed by atoms with Gasteiger partial charge in [0.15, 0.2) is 0 Å². The zero-order valence-corrected chi connectivity index (χ0v) is 9.25. The third-order valence-electron chi connectivity index (χ3n) is 1.90. The lowest BCUT2D eigenvalue weighted by Gasteiger charge is -2.20. The highest BCUT2D eigenvalue weighted by molar-refractivity contribution is 5.90. The molecule has 0 atom stereocenters. The molecule has 0 heterocycles. The van der Waals surface area contributed by atoms with E-state index in [0.717, 1.165) is 18.2 Å². The summed E-state index contributed by atoms with van der Waals surface area (Å²) in [5, 5.41) is 0. The topological polar surface area (TPSA) is 52.3 Å². The van der Waals surface area contributed by atoms with Gasteiger partial charge in [-0.05, 0) is 23.8 Å². The number of carbonyl (C=O) groups excluding carboxylic acids is 1. The molecular formula is C11H8F5NO2. The van der Waals surface area contributed by atoms with Crippen molar-refractivity contribution in [3.05, 3.63) is 35.9 Å². The van der Waals surface area contributed by atoms with Crippen LogP contribution in [0.4, 0.5) is 22.0 Å². The molecule has 8 heteroatoms. The molecule has 0 bridgehead atoms. The Balaban J connectivity index is 2.81. The maximum atomic E-state index is 12.5. The van der Waals surface area contributed by atoms with Gasteiger partial charge in [0.25, 0.3) is 0 Å². The second-order valence-electron chi connectivity index (χ2n) is 3.42. The number of rotatable bonds is 4. The molecule has 1 aromatic carbocycles. The Morgan fingerprint density at radius 3 is 2.05 bits per heavy atom. The van der Waals surface area contributed by atoms with Crippen LogP contribution in [0.2, 0.25) is 0 Å². The van der Waals surface area contributed by atoms with Crippen molar-refractivity contribution in [2.45, 2.75) is 12.3 Å². The Morgan fingerprint density at radius 1 is 1.11 bits per heavy atom. The van der Waals surface area contributed by atoms with Gasteiger partial charge in [0.2, 0.25) is 5.91 Å². The first kappa shape index (κ1) is 14.9. The van der Waals surface area contributed by atoms with Crippen LogP contribution < -0.4 is 10.5 Å². The first-order valence-electron chi connectivity index (χ1n) is 4.83. The third-order valence-corrected chi connectivity index (χ3v) is 1.90. The minimum absolute atomic E-state index is 0.390. The molecule has 0 saturated carbocycles. The number of amides is 1. The normalized spacial score (nSPS) is 12.7. The largest absolute Gasteiger partial charge is 0.499 e. The van der Waals surface area contributed by atoms with Crippen LogP contribution >= 0.6 is 0 Å². The lowest BCUT2D eigenvalue weighted by atomic mass is 10.2. The van der Waals surface area contributed by atoms with Crippen molar-refractivity contribution in [1.29, 1.82) is 0 Å². The van der Waals surface area contributed by atoms with Gasteiger partial charge in [-0.25, -0.2) is 0 Å². The molecule has 2 N–H and O–H groups in total. The summed E-state index contributed by atoms with van der Waals surface area (Å²) in [6, 6.07) is 4.23. The van der Waals surface area contributed by atoms with Gasteiger partial charge in [-0.2, -0.15) is 22.0 Å². The van der Waals surface area contributed by atoms with Gasteiger partial charge in [0.05, 0.1) is 0 Å². The Labute approximate surface area is 104 Å². The van der Waals surface area contributed by atoms with E-state index in [1.165, 1.54) is 18.2 Å². The average molecular weight is 281 g/mol. The standard InChI is InChI=1S/C11H8F5NO2/c12-10(13,14)11(15,16)19-8-4-1-7(2-5-8)3-6-9(17)18/h1-6H,(H2,17,18). The van der Waals surface area contributed by atoms with Crippen LogP contribution in [0.5, 0.6) is 5.75 Å². The lowest BCUT2D eigenvalue weighted by molar-refractivity contribution is -0.360. The molecule has 0 spiro atoms. The number of hydrogen-bond donors (Lipinski definition) is 1. The molecule has 1 amide bonds. The minimum Gasteiger partial charge on any atom is -0.426 e. The lowest BCUT2D eigenvalue weighted by Crippen LogP contribution is -2.41. The van der Waals surface area contributed by atoms with Crippen LogP contribution in [0.15, 0.2) is 30.3 Å². The van der Waals surface area contributed by atoms with E-state index in [-0.39, 0.29) is 0 Å². The van der Waals surface area contributed by atoms with Crippen molar-refractivity contribution in [3.8, 4) is 5.75 Å². The van der Waals surface area contributed by atoms with Crippen LogP contribution in [-0.4, -0.2) is 18.2 Å². The van der Waals surface area contributed by atoms with Crippen LogP contribution in [0.3, 0.4) is 0 Å². The van der Waals surface area contributed by atoms with Crippen molar-refractivity contribution >= 4 is 12.0 Å². The molecule has 1 aromatic rings. The maximum Gasteiger partial charge on any atom is 0.499 e. The number of primary amides is 1. The molecule has 0 unspecified atom stereocenters. The molecule has 0 radical (unpaired) electrons. The molecule has 0 aliphatic heterocycles. The number of alkyl halides is 5. The van der Waals surface area contributed by atoms with E-state index >= 15 is 0 Å². The molecule has 0 saturated heterocycles. The summed E-state index contributed by atoms with van der Waals surface area (Å²) < 4.78 is 64.3. The van der Waals surface area contributed by atoms with E-state index in [1.807, 2.05) is 0 Å². The predicted octanol–water partition coefficient (Wildman–Crippen LogP) is 2.72. The van der Waals surface area contributed by atoms with Gasteiger partial charge in [-0.15, -0.1) is 0 Å². The second-order valence-corrected chi connectivity index (χ2v) is 3.42. The fraction of sp³-hybridized carbons (Fsp3) is 0.182. The Hall–Kier alpha value is -2.12. The zero-order chi connectivity index (χ0) is 14.7. The first-order chi connectivity index (χ1) is 8.62. The SMILES string of the molecule is NC(=O)C=Cc1ccc(OC(F)(F)C(F)(F)F)cc1. The van der Waals surface area contributed by atoms with Crippen molar-refractivity contribution < 1.29 is 31.5 Å². The molecule has 0 fully saturated rings. The average Bonchev–Trinajstić information content (AvgIpc) is 2.26. The van der Waals surface area contributed by atoms with Gasteiger partial charge < -0.3 is 10.5 Å². The summed E-state index contributed by atoms with van der Waals surface area (Å²) in [6.07, 6.45) is -8.77. The summed E-state index contributed by atoms with van der Waals surface area (Å²) in [5.41, 5.74) is 5.22. The quantitative estimate of drug-likeness (QED) is 0.681. The number of benzene rings is 1. The smallest absolute Gasteiger partial charge is 0.426 e. The third kappa shape index (κ3) is 4.23. The number of hydrogen-bond acceptors (Lipinski definition) is 2.